The monoisotopic (exact) mass is 578 g/mol. The molecule has 0 heterocycles. The topological polar surface area (TPSA) is 27.3 Å². The van der Waals surface area contributed by atoms with Crippen LogP contribution in [0.4, 0.5) is 0 Å². The Labute approximate surface area is 260 Å². The van der Waals surface area contributed by atoms with Crippen LogP contribution in [-0.4, -0.2) is 42.8 Å². The first-order chi connectivity index (χ1) is 20.2. The molecule has 0 bridgehead atoms. The fraction of sp³-hybridized carbons (Fsp3) is 1.00. The van der Waals surface area contributed by atoms with E-state index in [0.29, 0.717) is 0 Å². The Morgan fingerprint density at radius 2 is 0.854 bits per heavy atom. The smallest absolute Gasteiger partial charge is 0.0818 e. The molecule has 1 rings (SSSR count). The summed E-state index contributed by atoms with van der Waals surface area (Å²) in [5, 5.41) is 8.43. The number of nitrogens with zero attached hydrogens (tertiary/aromatic N) is 1. The van der Waals surface area contributed by atoms with Gasteiger partial charge < -0.3 is 0 Å². The van der Waals surface area contributed by atoms with Gasteiger partial charge in [0.15, 0.2) is 0 Å². The van der Waals surface area contributed by atoms with Gasteiger partial charge in [-0.15, -0.1) is 0 Å². The molecule has 0 atom stereocenters. The normalized spacial score (nSPS) is 14.6. The molecule has 2 N–H and O–H groups in total. The summed E-state index contributed by atoms with van der Waals surface area (Å²) >= 11 is 0. The molecule has 0 aromatic rings. The second-order valence-electron chi connectivity index (χ2n) is 13.8. The van der Waals surface area contributed by atoms with Crippen molar-refractivity contribution in [2.45, 2.75) is 219 Å². The minimum atomic E-state index is 0.0876. The molecule has 1 aliphatic rings. The van der Waals surface area contributed by atoms with Gasteiger partial charge in [-0.2, -0.15) is 0 Å². The van der Waals surface area contributed by atoms with E-state index in [9.17, 15) is 0 Å². The van der Waals surface area contributed by atoms with Crippen LogP contribution in [0, 0.1) is 0 Å². The summed E-state index contributed by atoms with van der Waals surface area (Å²) in [4.78, 5) is 2.86. The van der Waals surface area contributed by atoms with E-state index in [-0.39, 0.29) is 5.66 Å². The van der Waals surface area contributed by atoms with Crippen LogP contribution in [0.3, 0.4) is 0 Å². The Hall–Kier alpha value is -0.120. The summed E-state index contributed by atoms with van der Waals surface area (Å²) in [6.45, 7) is 14.1. The highest BCUT2D eigenvalue weighted by molar-refractivity contribution is 4.91. The van der Waals surface area contributed by atoms with Gasteiger partial charge in [0, 0.05) is 12.6 Å². The lowest BCUT2D eigenvalue weighted by Crippen LogP contribution is -2.64. The second-order valence-corrected chi connectivity index (χ2v) is 13.8. The Bertz CT molecular complexity index is 494. The van der Waals surface area contributed by atoms with E-state index in [4.69, 9.17) is 0 Å². The number of hydrogen-bond acceptors (Lipinski definition) is 3. The van der Waals surface area contributed by atoms with Gasteiger partial charge in [-0.3, -0.25) is 15.5 Å². The summed E-state index contributed by atoms with van der Waals surface area (Å²) in [5.41, 5.74) is 0.0876. The lowest BCUT2D eigenvalue weighted by Gasteiger charge is -2.42. The van der Waals surface area contributed by atoms with Crippen molar-refractivity contribution in [1.82, 2.24) is 15.5 Å². The zero-order valence-corrected chi connectivity index (χ0v) is 29.2. The molecule has 0 aromatic carbocycles. The number of nitrogens with one attached hydrogen (secondary N) is 2. The summed E-state index contributed by atoms with van der Waals surface area (Å²) in [5.74, 6) is 0. The molecule has 0 unspecified atom stereocenters. The molecule has 0 saturated heterocycles. The van der Waals surface area contributed by atoms with Crippen LogP contribution < -0.4 is 10.6 Å². The zero-order valence-electron chi connectivity index (χ0n) is 29.2. The SMILES string of the molecule is CCCCCCCCCCNC(CCCCCCCCC)(CN(CC)C1CCCC1)NCCCCCCCCCC. The molecule has 0 aromatic heterocycles. The van der Waals surface area contributed by atoms with Crippen molar-refractivity contribution < 1.29 is 0 Å². The van der Waals surface area contributed by atoms with Crippen LogP contribution in [0.2, 0.25) is 0 Å². The lowest BCUT2D eigenvalue weighted by molar-refractivity contribution is 0.106. The molecule has 1 saturated carbocycles. The lowest BCUT2D eigenvalue weighted by atomic mass is 9.97. The van der Waals surface area contributed by atoms with E-state index < -0.39 is 0 Å². The summed E-state index contributed by atoms with van der Waals surface area (Å²) in [6.07, 6.45) is 39.3. The highest BCUT2D eigenvalue weighted by Crippen LogP contribution is 2.26. The quantitative estimate of drug-likeness (QED) is 0.0615. The first kappa shape index (κ1) is 38.9. The van der Waals surface area contributed by atoms with Crippen LogP contribution in [-0.2, 0) is 0 Å². The van der Waals surface area contributed by atoms with Crippen molar-refractivity contribution in [3.05, 3.63) is 0 Å². The molecular formula is C38H79N3. The maximum Gasteiger partial charge on any atom is 0.0818 e. The van der Waals surface area contributed by atoms with E-state index in [2.05, 4.69) is 43.2 Å². The van der Waals surface area contributed by atoms with E-state index in [0.717, 1.165) is 6.04 Å². The van der Waals surface area contributed by atoms with Crippen molar-refractivity contribution in [3.63, 3.8) is 0 Å². The predicted octanol–water partition coefficient (Wildman–Crippen LogP) is 11.5. The average Bonchev–Trinajstić information content (AvgIpc) is 3.53. The van der Waals surface area contributed by atoms with Gasteiger partial charge in [-0.25, -0.2) is 0 Å². The van der Waals surface area contributed by atoms with Gasteiger partial charge in [-0.1, -0.05) is 175 Å². The molecular weight excluding hydrogens is 498 g/mol. The fourth-order valence-corrected chi connectivity index (χ4v) is 7.10. The standard InChI is InChI=1S/C38H79N3/c1-5-9-12-15-18-21-24-29-34-39-38(33-28-23-20-17-14-11-7-3,36-41(8-4)37-31-26-27-32-37)40-35-30-25-22-19-16-13-10-6-2/h37,39-40H,5-36H2,1-4H3. The van der Waals surface area contributed by atoms with E-state index in [1.807, 2.05) is 0 Å². The minimum absolute atomic E-state index is 0.0876. The van der Waals surface area contributed by atoms with E-state index in [1.165, 1.54) is 206 Å². The van der Waals surface area contributed by atoms with Crippen molar-refractivity contribution >= 4 is 0 Å². The van der Waals surface area contributed by atoms with Crippen molar-refractivity contribution in [2.24, 2.45) is 0 Å². The third kappa shape index (κ3) is 21.3. The number of unbranched alkanes of at least 4 members (excludes halogenated alkanes) is 20. The Balaban J connectivity index is 2.69. The third-order valence-corrected chi connectivity index (χ3v) is 9.91. The summed E-state index contributed by atoms with van der Waals surface area (Å²) in [6, 6.07) is 0.809. The largest absolute Gasteiger partial charge is 0.298 e. The van der Waals surface area contributed by atoms with Crippen LogP contribution in [0.5, 0.6) is 0 Å². The van der Waals surface area contributed by atoms with E-state index in [1.54, 1.807) is 0 Å². The van der Waals surface area contributed by atoms with Gasteiger partial charge in [0.1, 0.15) is 0 Å². The Morgan fingerprint density at radius 1 is 0.488 bits per heavy atom. The molecule has 3 heteroatoms. The van der Waals surface area contributed by atoms with E-state index >= 15 is 0 Å². The Morgan fingerprint density at radius 3 is 1.24 bits per heavy atom. The maximum absolute atomic E-state index is 4.22. The average molecular weight is 578 g/mol. The van der Waals surface area contributed by atoms with Gasteiger partial charge in [-0.05, 0) is 51.7 Å². The highest BCUT2D eigenvalue weighted by atomic mass is 15.3. The number of rotatable bonds is 32. The highest BCUT2D eigenvalue weighted by Gasteiger charge is 2.33. The second kappa shape index (κ2) is 28.6. The molecule has 3 nitrogen and oxygen atoms in total. The molecule has 1 aliphatic carbocycles. The first-order valence-corrected chi connectivity index (χ1v) is 19.4. The predicted molar refractivity (Wildman–Crippen MR) is 186 cm³/mol. The van der Waals surface area contributed by atoms with Crippen LogP contribution in [0.15, 0.2) is 0 Å². The zero-order chi connectivity index (χ0) is 29.7. The summed E-state index contributed by atoms with van der Waals surface area (Å²) < 4.78 is 0. The number of likely N-dealkylation sites (N-methyl/N-ethyl adjacent to an activating group) is 1. The van der Waals surface area contributed by atoms with Crippen LogP contribution >= 0.6 is 0 Å². The van der Waals surface area contributed by atoms with Crippen molar-refractivity contribution in [2.75, 3.05) is 26.2 Å². The Kier molecular flexibility index (Phi) is 27.2. The minimum Gasteiger partial charge on any atom is -0.298 e. The molecule has 0 radical (unpaired) electrons. The molecule has 41 heavy (non-hydrogen) atoms. The molecule has 0 amide bonds. The molecule has 0 spiro atoms. The van der Waals surface area contributed by atoms with Gasteiger partial charge >= 0.3 is 0 Å². The van der Waals surface area contributed by atoms with Crippen LogP contribution in [0.25, 0.3) is 0 Å². The molecule has 0 aliphatic heterocycles. The maximum atomic E-state index is 4.22. The third-order valence-electron chi connectivity index (χ3n) is 9.91. The van der Waals surface area contributed by atoms with Crippen molar-refractivity contribution in [3.8, 4) is 0 Å². The fourth-order valence-electron chi connectivity index (χ4n) is 7.10. The van der Waals surface area contributed by atoms with Gasteiger partial charge in [0.2, 0.25) is 0 Å². The number of hydrogen-bond donors (Lipinski definition) is 2. The van der Waals surface area contributed by atoms with Gasteiger partial charge in [0.05, 0.1) is 5.66 Å². The first-order valence-electron chi connectivity index (χ1n) is 19.4. The van der Waals surface area contributed by atoms with Gasteiger partial charge in [0.25, 0.3) is 0 Å². The van der Waals surface area contributed by atoms with Crippen LogP contribution in [0.1, 0.15) is 207 Å². The molecule has 1 fully saturated rings. The molecule has 246 valence electrons. The summed E-state index contributed by atoms with van der Waals surface area (Å²) in [7, 11) is 0. The van der Waals surface area contributed by atoms with Crippen molar-refractivity contribution in [1.29, 1.82) is 0 Å².